The van der Waals surface area contributed by atoms with Gasteiger partial charge in [-0.05, 0) is 91.8 Å². The predicted octanol–water partition coefficient (Wildman–Crippen LogP) is 7.67. The molecule has 16 heteroatoms. The van der Waals surface area contributed by atoms with E-state index in [1.54, 1.807) is 20.5 Å². The number of methoxy groups -OCH3 is 2. The van der Waals surface area contributed by atoms with Crippen molar-refractivity contribution in [3.63, 3.8) is 0 Å². The summed E-state index contributed by atoms with van der Waals surface area (Å²) in [6.45, 7) is 2.79. The lowest BCUT2D eigenvalue weighted by molar-refractivity contribution is -0.0299. The molecule has 278 valence electrons. The molecule has 2 fully saturated rings. The van der Waals surface area contributed by atoms with Crippen molar-refractivity contribution in [1.29, 1.82) is 0 Å². The van der Waals surface area contributed by atoms with Gasteiger partial charge in [-0.25, -0.2) is 19.9 Å². The van der Waals surface area contributed by atoms with Gasteiger partial charge in [0, 0.05) is 26.3 Å². The molecule has 0 saturated carbocycles. The van der Waals surface area contributed by atoms with Gasteiger partial charge in [-0.15, -0.1) is 0 Å². The van der Waals surface area contributed by atoms with Crippen LogP contribution in [0.3, 0.4) is 0 Å². The number of nitrogens with zero attached hydrogens (tertiary/aromatic N) is 8. The van der Waals surface area contributed by atoms with Crippen LogP contribution in [0.1, 0.15) is 62.1 Å². The molecule has 0 bridgehead atoms. The van der Waals surface area contributed by atoms with Gasteiger partial charge in [0.2, 0.25) is 5.28 Å². The lowest BCUT2D eigenvalue weighted by Gasteiger charge is -2.23. The maximum absolute atomic E-state index is 6.15. The zero-order valence-electron chi connectivity index (χ0n) is 30.0. The molecular weight excluding hydrogens is 716 g/mol. The third-order valence-electron chi connectivity index (χ3n) is 9.15. The molecule has 14 nitrogen and oxygen atoms in total. The smallest absolute Gasteiger partial charge is 0.226 e. The maximum atomic E-state index is 6.15. The van der Waals surface area contributed by atoms with Gasteiger partial charge in [0.05, 0.1) is 26.9 Å². The predicted molar refractivity (Wildman–Crippen MR) is 206 cm³/mol. The topological polar surface area (TPSA) is 148 Å². The highest BCUT2D eigenvalue weighted by molar-refractivity contribution is 7.98. The van der Waals surface area contributed by atoms with Crippen molar-refractivity contribution >= 4 is 57.3 Å². The minimum absolute atomic E-state index is 0.00259. The maximum Gasteiger partial charge on any atom is 0.226 e. The molecule has 0 aliphatic carbocycles. The van der Waals surface area contributed by atoms with Crippen LogP contribution in [0, 0.1) is 0 Å². The van der Waals surface area contributed by atoms with Crippen LogP contribution in [0.4, 0.5) is 11.6 Å². The Hall–Kier alpha value is -4.70. The Morgan fingerprint density at radius 3 is 1.64 bits per heavy atom. The van der Waals surface area contributed by atoms with Crippen molar-refractivity contribution < 1.29 is 18.9 Å². The fourth-order valence-corrected chi connectivity index (χ4v) is 6.82. The van der Waals surface area contributed by atoms with Crippen molar-refractivity contribution in [3.8, 4) is 11.5 Å². The first-order chi connectivity index (χ1) is 26.0. The summed E-state index contributed by atoms with van der Waals surface area (Å²) >= 11 is 7.67. The molecule has 2 N–H and O–H groups in total. The Balaban J connectivity index is 0.000000164. The molecule has 2 atom stereocenters. The highest BCUT2D eigenvalue weighted by Gasteiger charge is 2.22. The number of hydrogen-bond acceptors (Lipinski definition) is 13. The lowest BCUT2D eigenvalue weighted by atomic mass is 10.2. The van der Waals surface area contributed by atoms with E-state index >= 15 is 0 Å². The average Bonchev–Trinajstić information content (AvgIpc) is 3.85. The fraction of sp³-hybridized carbons (Fsp3) is 0.405. The van der Waals surface area contributed by atoms with Gasteiger partial charge in [0.25, 0.3) is 0 Å². The average molecular weight is 759 g/mol. The first-order valence-electron chi connectivity index (χ1n) is 17.7. The van der Waals surface area contributed by atoms with E-state index in [0.717, 1.165) is 96.5 Å². The Bertz CT molecular complexity index is 2100. The Labute approximate surface area is 317 Å². The second kappa shape index (κ2) is 17.4. The van der Waals surface area contributed by atoms with Crippen molar-refractivity contribution in [1.82, 2.24) is 39.0 Å². The number of thioether (sulfide) groups is 1. The zero-order valence-corrected chi connectivity index (χ0v) is 31.6. The SMILES string of the molecule is COc1ccc(CNc2nc(Cl)nc3c2ncn3C2CCCCO2)cc1.COc1ccc(CNc2nc(SC)nc3c2ncn3C2CCCCO2)cc1. The molecule has 0 spiro atoms. The van der Waals surface area contributed by atoms with Gasteiger partial charge in [0.1, 0.15) is 24.0 Å². The van der Waals surface area contributed by atoms with E-state index in [2.05, 4.69) is 40.5 Å². The van der Waals surface area contributed by atoms with Crippen LogP contribution in [0.25, 0.3) is 22.3 Å². The van der Waals surface area contributed by atoms with E-state index in [0.29, 0.717) is 30.1 Å². The molecule has 2 saturated heterocycles. The number of halogens is 1. The summed E-state index contributed by atoms with van der Waals surface area (Å²) in [6.07, 6.45) is 11.9. The van der Waals surface area contributed by atoms with E-state index in [-0.39, 0.29) is 17.7 Å². The quantitative estimate of drug-likeness (QED) is 0.0985. The monoisotopic (exact) mass is 758 g/mol. The first-order valence-corrected chi connectivity index (χ1v) is 19.3. The van der Waals surface area contributed by atoms with Crippen LogP contribution in [0.5, 0.6) is 11.5 Å². The molecule has 2 aliphatic rings. The molecule has 2 aromatic carbocycles. The first kappa shape index (κ1) is 36.6. The minimum Gasteiger partial charge on any atom is -0.497 e. The lowest BCUT2D eigenvalue weighted by Crippen LogP contribution is -2.18. The van der Waals surface area contributed by atoms with Gasteiger partial charge in [-0.1, -0.05) is 36.0 Å². The van der Waals surface area contributed by atoms with Gasteiger partial charge < -0.3 is 29.6 Å². The molecule has 6 heterocycles. The molecule has 6 aromatic rings. The summed E-state index contributed by atoms with van der Waals surface area (Å²) in [5, 5.41) is 7.62. The third-order valence-corrected chi connectivity index (χ3v) is 9.86. The zero-order chi connectivity index (χ0) is 36.6. The number of fused-ring (bicyclic) bond motifs is 2. The van der Waals surface area contributed by atoms with Crippen LogP contribution in [0.2, 0.25) is 5.28 Å². The molecule has 2 aliphatic heterocycles. The molecule has 2 unspecified atom stereocenters. The Kier molecular flexibility index (Phi) is 12.0. The number of aromatic nitrogens is 8. The normalized spacial score (nSPS) is 17.3. The Morgan fingerprint density at radius 2 is 1.19 bits per heavy atom. The second-order valence-electron chi connectivity index (χ2n) is 12.6. The molecule has 0 amide bonds. The third kappa shape index (κ3) is 8.75. The fourth-order valence-electron chi connectivity index (χ4n) is 6.29. The van der Waals surface area contributed by atoms with Crippen LogP contribution < -0.4 is 20.1 Å². The van der Waals surface area contributed by atoms with E-state index in [1.165, 1.54) is 11.8 Å². The van der Waals surface area contributed by atoms with Crippen LogP contribution in [-0.2, 0) is 22.6 Å². The van der Waals surface area contributed by atoms with Gasteiger partial charge >= 0.3 is 0 Å². The van der Waals surface area contributed by atoms with Crippen LogP contribution in [0.15, 0.2) is 66.3 Å². The molecule has 8 rings (SSSR count). The largest absolute Gasteiger partial charge is 0.497 e. The summed E-state index contributed by atoms with van der Waals surface area (Å²) in [5.74, 6) is 3.03. The van der Waals surface area contributed by atoms with E-state index in [4.69, 9.17) is 30.5 Å². The molecular formula is C37H43ClN10O4S. The second-order valence-corrected chi connectivity index (χ2v) is 13.7. The highest BCUT2D eigenvalue weighted by Crippen LogP contribution is 2.31. The number of ether oxygens (including phenoxy) is 4. The van der Waals surface area contributed by atoms with Crippen molar-refractivity contribution in [2.24, 2.45) is 0 Å². The summed E-state index contributed by atoms with van der Waals surface area (Å²) in [4.78, 5) is 27.1. The number of benzene rings is 2. The number of rotatable bonds is 11. The summed E-state index contributed by atoms with van der Waals surface area (Å²) in [7, 11) is 3.32. The van der Waals surface area contributed by atoms with Crippen molar-refractivity contribution in [2.75, 3.05) is 44.3 Å². The standard InChI is InChI=1S/C19H23N5O2S.C18H20ClN5O2/c1-25-14-8-6-13(7-9-14)11-20-17-16-18(23-19(22-17)27-2)24(12-21-16)15-5-3-4-10-26-15;1-25-13-7-5-12(6-8-13)10-20-16-15-17(23-18(19)22-16)24(11-21-15)14-4-2-3-9-26-14/h6-9,12,15H,3-5,10-11H2,1-2H3,(H,20,22,23);5-8,11,14H,2-4,9-10H2,1H3,(H,20,22,23). The van der Waals surface area contributed by atoms with E-state index in [1.807, 2.05) is 70.2 Å². The highest BCUT2D eigenvalue weighted by atomic mass is 35.5. The molecule has 53 heavy (non-hydrogen) atoms. The van der Waals surface area contributed by atoms with Crippen LogP contribution >= 0.6 is 23.4 Å². The number of imidazole rings is 2. The molecule has 0 radical (unpaired) electrons. The number of hydrogen-bond donors (Lipinski definition) is 2. The summed E-state index contributed by atoms with van der Waals surface area (Å²) < 4.78 is 26.1. The summed E-state index contributed by atoms with van der Waals surface area (Å²) in [5.41, 5.74) is 5.22. The summed E-state index contributed by atoms with van der Waals surface area (Å²) in [6, 6.07) is 15.8. The number of anilines is 2. The van der Waals surface area contributed by atoms with E-state index < -0.39 is 0 Å². The van der Waals surface area contributed by atoms with Crippen LogP contribution in [-0.4, -0.2) is 72.7 Å². The Morgan fingerprint density at radius 1 is 0.698 bits per heavy atom. The van der Waals surface area contributed by atoms with E-state index in [9.17, 15) is 0 Å². The van der Waals surface area contributed by atoms with Crippen molar-refractivity contribution in [3.05, 3.63) is 77.6 Å². The minimum atomic E-state index is -0.0471. The van der Waals surface area contributed by atoms with Gasteiger partial charge in [-0.2, -0.15) is 9.97 Å². The number of nitrogens with one attached hydrogen (secondary N) is 2. The van der Waals surface area contributed by atoms with Gasteiger partial charge in [-0.3, -0.25) is 9.13 Å². The van der Waals surface area contributed by atoms with Crippen molar-refractivity contribution in [2.45, 2.75) is 69.2 Å². The van der Waals surface area contributed by atoms with Gasteiger partial charge in [0.15, 0.2) is 39.1 Å². The molecule has 4 aromatic heterocycles.